The van der Waals surface area contributed by atoms with E-state index in [1.54, 1.807) is 0 Å². The average Bonchev–Trinajstić information content (AvgIpc) is 2.49. The molecule has 1 N–H and O–H groups in total. The van der Waals surface area contributed by atoms with Gasteiger partial charge in [-0.05, 0) is 57.4 Å². The highest BCUT2D eigenvalue weighted by Gasteiger charge is 2.24. The maximum atomic E-state index is 3.50. The lowest BCUT2D eigenvalue weighted by atomic mass is 10.1. The van der Waals surface area contributed by atoms with Gasteiger partial charge in [-0.2, -0.15) is 0 Å². The summed E-state index contributed by atoms with van der Waals surface area (Å²) in [5, 5.41) is 3.50. The molecule has 2 unspecified atom stereocenters. The maximum absolute atomic E-state index is 3.50. The van der Waals surface area contributed by atoms with Crippen molar-refractivity contribution in [3.8, 4) is 0 Å². The molecule has 3 rings (SSSR count). The van der Waals surface area contributed by atoms with Crippen molar-refractivity contribution in [1.82, 2.24) is 5.32 Å². The topological polar surface area (TPSA) is 18.5 Å². The Balaban J connectivity index is 1.74. The highest BCUT2D eigenvalue weighted by molar-refractivity contribution is 5.57. The van der Waals surface area contributed by atoms with E-state index in [9.17, 15) is 0 Å². The van der Waals surface area contributed by atoms with Gasteiger partial charge in [-0.3, -0.25) is 0 Å². The lowest BCUT2D eigenvalue weighted by Gasteiger charge is -2.41. The Kier molecular flexibility index (Phi) is 4.16. The molecule has 0 radical (unpaired) electrons. The van der Waals surface area contributed by atoms with Gasteiger partial charge in [0.15, 0.2) is 0 Å². The largest absolute Gasteiger partial charge is 0.372 e. The quantitative estimate of drug-likeness (QED) is 0.894. The van der Waals surface area contributed by atoms with Crippen LogP contribution in [-0.2, 0) is 0 Å². The van der Waals surface area contributed by atoms with Gasteiger partial charge in [0.25, 0.3) is 0 Å². The summed E-state index contributed by atoms with van der Waals surface area (Å²) >= 11 is 0. The fourth-order valence-electron chi connectivity index (χ4n) is 3.63. The van der Waals surface area contributed by atoms with Crippen LogP contribution in [0, 0.1) is 0 Å². The molecule has 2 aliphatic heterocycles. The number of hydrogen-bond donors (Lipinski definition) is 1. The van der Waals surface area contributed by atoms with E-state index < -0.39 is 0 Å². The highest BCUT2D eigenvalue weighted by atomic mass is 15.2. The minimum atomic E-state index is 0.569. The van der Waals surface area contributed by atoms with Crippen molar-refractivity contribution in [3.05, 3.63) is 24.3 Å². The van der Waals surface area contributed by atoms with Crippen LogP contribution in [0.25, 0.3) is 0 Å². The number of benzene rings is 1. The average molecular weight is 273 g/mol. The summed E-state index contributed by atoms with van der Waals surface area (Å²) in [6.07, 6.45) is 4.08. The van der Waals surface area contributed by atoms with Gasteiger partial charge in [-0.1, -0.05) is 0 Å². The van der Waals surface area contributed by atoms with E-state index in [1.807, 2.05) is 0 Å². The number of nitrogens with zero attached hydrogens (tertiary/aromatic N) is 2. The second-order valence-corrected chi connectivity index (χ2v) is 6.33. The molecule has 1 aromatic carbocycles. The first kappa shape index (κ1) is 13.7. The van der Waals surface area contributed by atoms with Crippen molar-refractivity contribution in [2.75, 3.05) is 36.0 Å². The molecule has 2 aliphatic rings. The lowest BCUT2D eigenvalue weighted by Crippen LogP contribution is -2.55. The molecule has 1 aromatic rings. The van der Waals surface area contributed by atoms with Gasteiger partial charge in [-0.15, -0.1) is 0 Å². The van der Waals surface area contributed by atoms with Gasteiger partial charge in [0.05, 0.1) is 0 Å². The molecule has 2 atom stereocenters. The van der Waals surface area contributed by atoms with Crippen LogP contribution in [0.15, 0.2) is 24.3 Å². The molecule has 0 bridgehead atoms. The predicted octanol–water partition coefficient (Wildman–Crippen LogP) is 2.86. The zero-order chi connectivity index (χ0) is 13.9. The van der Waals surface area contributed by atoms with Gasteiger partial charge in [-0.25, -0.2) is 0 Å². The molecule has 0 saturated carbocycles. The molecular formula is C17H27N3. The molecule has 0 amide bonds. The third kappa shape index (κ3) is 2.78. The number of anilines is 2. The number of nitrogens with one attached hydrogen (secondary N) is 1. The van der Waals surface area contributed by atoms with Crippen LogP contribution in [0.4, 0.5) is 11.4 Å². The summed E-state index contributed by atoms with van der Waals surface area (Å²) in [6, 6.07) is 10.4. The molecule has 2 heterocycles. The van der Waals surface area contributed by atoms with E-state index >= 15 is 0 Å². The van der Waals surface area contributed by atoms with Crippen molar-refractivity contribution in [1.29, 1.82) is 0 Å². The Hall–Kier alpha value is -1.22. The van der Waals surface area contributed by atoms with Gasteiger partial charge < -0.3 is 15.1 Å². The van der Waals surface area contributed by atoms with Crippen molar-refractivity contribution >= 4 is 11.4 Å². The monoisotopic (exact) mass is 273 g/mol. The van der Waals surface area contributed by atoms with E-state index in [4.69, 9.17) is 0 Å². The van der Waals surface area contributed by atoms with Crippen LogP contribution in [0.2, 0.25) is 0 Å². The number of piperazine rings is 1. The molecule has 2 fully saturated rings. The Bertz CT molecular complexity index is 412. The number of hydrogen-bond acceptors (Lipinski definition) is 3. The Morgan fingerprint density at radius 3 is 2.00 bits per heavy atom. The Morgan fingerprint density at radius 1 is 0.850 bits per heavy atom. The van der Waals surface area contributed by atoms with Crippen molar-refractivity contribution in [2.24, 2.45) is 0 Å². The van der Waals surface area contributed by atoms with Crippen LogP contribution in [-0.4, -0.2) is 38.3 Å². The third-order valence-electron chi connectivity index (χ3n) is 4.70. The zero-order valence-electron chi connectivity index (χ0n) is 12.8. The van der Waals surface area contributed by atoms with Crippen LogP contribution in [0.1, 0.15) is 33.1 Å². The van der Waals surface area contributed by atoms with Crippen LogP contribution < -0.4 is 15.1 Å². The van der Waals surface area contributed by atoms with Gasteiger partial charge in [0.2, 0.25) is 0 Å². The van der Waals surface area contributed by atoms with Crippen LogP contribution in [0.5, 0.6) is 0 Å². The second-order valence-electron chi connectivity index (χ2n) is 6.33. The van der Waals surface area contributed by atoms with Crippen LogP contribution >= 0.6 is 0 Å². The van der Waals surface area contributed by atoms with E-state index in [2.05, 4.69) is 53.2 Å². The summed E-state index contributed by atoms with van der Waals surface area (Å²) in [4.78, 5) is 5.08. The van der Waals surface area contributed by atoms with Crippen molar-refractivity contribution in [2.45, 2.75) is 45.2 Å². The fourth-order valence-corrected chi connectivity index (χ4v) is 3.63. The van der Waals surface area contributed by atoms with Crippen molar-refractivity contribution in [3.63, 3.8) is 0 Å². The molecular weight excluding hydrogens is 246 g/mol. The summed E-state index contributed by atoms with van der Waals surface area (Å²) in [7, 11) is 0. The van der Waals surface area contributed by atoms with Crippen molar-refractivity contribution < 1.29 is 0 Å². The molecule has 3 heteroatoms. The van der Waals surface area contributed by atoms with E-state index in [-0.39, 0.29) is 0 Å². The maximum Gasteiger partial charge on any atom is 0.0389 e. The Morgan fingerprint density at radius 2 is 1.40 bits per heavy atom. The summed E-state index contributed by atoms with van der Waals surface area (Å²) in [5.74, 6) is 0. The molecule has 0 spiro atoms. The molecule has 20 heavy (non-hydrogen) atoms. The van der Waals surface area contributed by atoms with E-state index in [0.717, 1.165) is 13.1 Å². The third-order valence-corrected chi connectivity index (χ3v) is 4.70. The SMILES string of the molecule is CC1CNCC(C)N1c1ccc(N2CCCCC2)cc1. The molecule has 0 aliphatic carbocycles. The van der Waals surface area contributed by atoms with Gasteiger partial charge in [0.1, 0.15) is 0 Å². The summed E-state index contributed by atoms with van der Waals surface area (Å²) in [6.45, 7) is 9.22. The molecule has 2 saturated heterocycles. The van der Waals surface area contributed by atoms with E-state index in [1.165, 1.54) is 43.7 Å². The molecule has 3 nitrogen and oxygen atoms in total. The van der Waals surface area contributed by atoms with Gasteiger partial charge >= 0.3 is 0 Å². The minimum absolute atomic E-state index is 0.569. The first-order chi connectivity index (χ1) is 9.75. The summed E-state index contributed by atoms with van der Waals surface area (Å²) < 4.78 is 0. The number of piperidine rings is 1. The first-order valence-electron chi connectivity index (χ1n) is 8.10. The smallest absolute Gasteiger partial charge is 0.0389 e. The molecule has 110 valence electrons. The molecule has 0 aromatic heterocycles. The minimum Gasteiger partial charge on any atom is -0.372 e. The zero-order valence-corrected chi connectivity index (χ0v) is 12.8. The Labute approximate surface area is 123 Å². The lowest BCUT2D eigenvalue weighted by molar-refractivity contribution is 0.432. The van der Waals surface area contributed by atoms with Crippen LogP contribution in [0.3, 0.4) is 0 Å². The van der Waals surface area contributed by atoms with Gasteiger partial charge in [0, 0.05) is 49.6 Å². The normalized spacial score (nSPS) is 27.7. The number of rotatable bonds is 2. The first-order valence-corrected chi connectivity index (χ1v) is 8.10. The highest BCUT2D eigenvalue weighted by Crippen LogP contribution is 2.26. The van der Waals surface area contributed by atoms with E-state index in [0.29, 0.717) is 12.1 Å². The summed E-state index contributed by atoms with van der Waals surface area (Å²) in [5.41, 5.74) is 2.76. The fraction of sp³-hybridized carbons (Fsp3) is 0.647. The predicted molar refractivity (Wildman–Crippen MR) is 86.8 cm³/mol. The standard InChI is InChI=1S/C17H27N3/c1-14-12-18-13-15(2)20(14)17-8-6-16(7-9-17)19-10-4-3-5-11-19/h6-9,14-15,18H,3-5,10-13H2,1-2H3. The second kappa shape index (κ2) is 6.04.